The minimum Gasteiger partial charge on any atom is -0.508 e. The Morgan fingerprint density at radius 3 is 2.12 bits per heavy atom. The third-order valence-corrected chi connectivity index (χ3v) is 20.4. The zero-order chi connectivity index (χ0) is 77.1. The largest absolute Gasteiger partial charge is 0.508 e. The Morgan fingerprint density at radius 1 is 0.771 bits per heavy atom. The lowest BCUT2D eigenvalue weighted by atomic mass is 9.93. The molecule has 0 radical (unpaired) electrons. The van der Waals surface area contributed by atoms with Crippen LogP contribution in [0.5, 0.6) is 23.0 Å². The third-order valence-electron chi connectivity index (χ3n) is 18.2. The van der Waals surface area contributed by atoms with Gasteiger partial charge in [-0.3, -0.25) is 52.2 Å². The van der Waals surface area contributed by atoms with Gasteiger partial charge in [0.15, 0.2) is 11.5 Å². The summed E-state index contributed by atoms with van der Waals surface area (Å²) in [6, 6.07) is 1.99. The highest BCUT2D eigenvalue weighted by molar-refractivity contribution is 7.85. The summed E-state index contributed by atoms with van der Waals surface area (Å²) in [6.45, 7) is 4.22. The van der Waals surface area contributed by atoms with E-state index in [0.717, 1.165) is 17.0 Å². The van der Waals surface area contributed by atoms with E-state index < -0.39 is 241 Å². The number of nitrogens with zero attached hydrogens (tertiary/aromatic N) is 2. The standard InChI is InChI=1S/C66H90N12O25S2/c1-8-32(4)53-62(94)69-24-51(85)71-44-30-104(97)64-40(39-15-12-36(81)20-41(39)74-64)22-42(59(91)68-25-52(86)75-53)72-63(95)54(33(5)46(83)28-79)76-61(93)45-21-37(82)26-77(45)65(96)43(73-60(44)92)23-50(84)67-17-18-78(6,7)27-34-9-13-38(14-10-34)102-105(98,99)103-48-19-35(58(90)70-31(2)3)11-16-47(48)100-66-57(89)56(88)55(87)49(29-80)101-66/h9-16,19-20,31-33,37,42-46,49,53-57,66,74,79-80,82-83,87-89H,8,17-18,21-30H2,1-7H3,(H9-,67,68,69,70,71,72,73,75,76,81,84,85,86,90,91,92,93,94,95)/p+1/t32-,33-,37+,42-,43-,44-,45-,46-,49+,53-,54-,55-,56-,57+,66+,104?/m0/s1. The number of quaternary nitrogens is 1. The van der Waals surface area contributed by atoms with Crippen molar-refractivity contribution >= 4 is 91.2 Å². The number of hydrogen-bond donors (Lipinski definition) is 18. The van der Waals surface area contributed by atoms with Crippen LogP contribution in [0.25, 0.3) is 10.9 Å². The number of aromatic nitrogens is 1. The van der Waals surface area contributed by atoms with Crippen molar-refractivity contribution in [2.75, 3.05) is 65.8 Å². The number of nitrogens with one attached hydrogen (secondary N) is 10. The molecule has 576 valence electrons. The fraction of sp³-hybridized carbons (Fsp3) is 0.545. The highest BCUT2D eigenvalue weighted by atomic mass is 32.3. The average molecular weight is 1520 g/mol. The summed E-state index contributed by atoms with van der Waals surface area (Å²) in [5.41, 5.74) is 0.649. The molecule has 37 nitrogen and oxygen atoms in total. The number of fused-ring (bicyclic) bond motifs is 5. The van der Waals surface area contributed by atoms with E-state index in [9.17, 15) is 87.6 Å². The van der Waals surface area contributed by atoms with E-state index in [2.05, 4.69) is 52.8 Å². The number of aromatic amines is 1. The van der Waals surface area contributed by atoms with Crippen molar-refractivity contribution in [3.63, 3.8) is 0 Å². The number of phenols is 1. The van der Waals surface area contributed by atoms with Gasteiger partial charge in [-0.25, -0.2) is 0 Å². The average Bonchev–Trinajstić information content (AvgIpc) is 1.66. The molecule has 2 saturated heterocycles. The second kappa shape index (κ2) is 35.3. The topological polar surface area (TPSA) is 548 Å². The molecule has 0 spiro atoms. The number of likely N-dealkylation sites (N-methyl/N-ethyl adjacent to an activating group) is 1. The first-order valence-corrected chi connectivity index (χ1v) is 36.4. The van der Waals surface area contributed by atoms with Crippen LogP contribution in [-0.4, -0.2) is 278 Å². The molecule has 4 aromatic rings. The van der Waals surface area contributed by atoms with E-state index >= 15 is 13.8 Å². The maximum absolute atomic E-state index is 15.1. The fourth-order valence-electron chi connectivity index (χ4n) is 12.2. The molecular weight excluding hydrogens is 1420 g/mol. The maximum Gasteiger partial charge on any atom is 0.501 e. The number of H-pyrrole nitrogens is 1. The molecule has 2 bridgehead atoms. The Bertz CT molecular complexity index is 4010. The van der Waals surface area contributed by atoms with Crippen LogP contribution in [0.2, 0.25) is 0 Å². The lowest BCUT2D eigenvalue weighted by Crippen LogP contribution is -2.62. The van der Waals surface area contributed by atoms with Crippen LogP contribution in [0, 0.1) is 11.8 Å². The molecule has 1 aromatic heterocycles. The van der Waals surface area contributed by atoms with Gasteiger partial charge in [-0.15, -0.1) is 8.42 Å². The van der Waals surface area contributed by atoms with Gasteiger partial charge in [0.05, 0.1) is 94.2 Å². The van der Waals surface area contributed by atoms with E-state index in [1.165, 1.54) is 55.5 Å². The Labute approximate surface area is 605 Å². The first-order valence-electron chi connectivity index (χ1n) is 33.8. The Morgan fingerprint density at radius 2 is 1.46 bits per heavy atom. The van der Waals surface area contributed by atoms with Gasteiger partial charge in [-0.2, -0.15) is 0 Å². The summed E-state index contributed by atoms with van der Waals surface area (Å²) in [4.78, 5) is 147. The van der Waals surface area contributed by atoms with Gasteiger partial charge in [-0.1, -0.05) is 27.2 Å². The fourth-order valence-corrected chi connectivity index (χ4v) is 14.3. The van der Waals surface area contributed by atoms with Gasteiger partial charge in [-0.05, 0) is 79.9 Å². The van der Waals surface area contributed by atoms with E-state index in [1.807, 2.05) is 0 Å². The van der Waals surface area contributed by atoms with E-state index in [4.69, 9.17) is 17.8 Å². The summed E-state index contributed by atoms with van der Waals surface area (Å²) in [6.07, 6.45) is -13.6. The number of carbonyl (C=O) groups excluding carboxylic acids is 10. The molecule has 0 aliphatic carbocycles. The molecule has 18 N–H and O–H groups in total. The van der Waals surface area contributed by atoms with Crippen molar-refractivity contribution < 1.29 is 124 Å². The number of ether oxygens (including phenoxy) is 2. The minimum atomic E-state index is -5.09. The lowest BCUT2D eigenvalue weighted by molar-refractivity contribution is -0.902. The van der Waals surface area contributed by atoms with Crippen LogP contribution in [0.1, 0.15) is 75.4 Å². The summed E-state index contributed by atoms with van der Waals surface area (Å²) >= 11 is 0. The Balaban J connectivity index is 1.05. The third kappa shape index (κ3) is 21.1. The zero-order valence-corrected chi connectivity index (χ0v) is 60.1. The molecular formula is C66H91N12O25S2+. The number of aliphatic hydroxyl groups excluding tert-OH is 7. The molecule has 1 unspecified atom stereocenters. The summed E-state index contributed by atoms with van der Waals surface area (Å²) in [5.74, 6) is -14.5. The number of hydrogen-bond acceptors (Lipinski definition) is 25. The number of benzene rings is 3. The molecule has 39 heteroatoms. The zero-order valence-electron chi connectivity index (χ0n) is 58.4. The van der Waals surface area contributed by atoms with Gasteiger partial charge in [0.25, 0.3) is 5.91 Å². The molecule has 3 aromatic carbocycles. The monoisotopic (exact) mass is 1520 g/mol. The molecule has 4 aliphatic heterocycles. The van der Waals surface area contributed by atoms with Gasteiger partial charge in [0.1, 0.15) is 83.7 Å². The van der Waals surface area contributed by atoms with Crippen LogP contribution < -0.4 is 61.0 Å². The van der Waals surface area contributed by atoms with Crippen molar-refractivity contribution in [1.29, 1.82) is 0 Å². The Hall–Kier alpha value is -9.16. The second-order valence-corrected chi connectivity index (χ2v) is 29.8. The predicted molar refractivity (Wildman–Crippen MR) is 367 cm³/mol. The van der Waals surface area contributed by atoms with Crippen LogP contribution in [-0.2, 0) is 82.1 Å². The quantitative estimate of drug-likeness (QED) is 0.0345. The summed E-state index contributed by atoms with van der Waals surface area (Å²) in [5, 5.41) is 107. The van der Waals surface area contributed by atoms with Gasteiger partial charge < -0.3 is 121 Å². The van der Waals surface area contributed by atoms with Crippen molar-refractivity contribution in [2.45, 2.75) is 157 Å². The summed E-state index contributed by atoms with van der Waals surface area (Å²) < 4.78 is 64.0. The van der Waals surface area contributed by atoms with Crippen molar-refractivity contribution in [3.05, 3.63) is 77.4 Å². The highest BCUT2D eigenvalue weighted by Crippen LogP contribution is 2.35. The van der Waals surface area contributed by atoms with Gasteiger partial charge >= 0.3 is 10.4 Å². The molecule has 5 heterocycles. The molecule has 0 saturated carbocycles. The first-order chi connectivity index (χ1) is 49.5. The maximum atomic E-state index is 15.1. The van der Waals surface area contributed by atoms with Crippen LogP contribution in [0.15, 0.2) is 65.7 Å². The number of aromatic hydroxyl groups is 1. The van der Waals surface area contributed by atoms with Crippen molar-refractivity contribution in [1.82, 2.24) is 57.7 Å². The Kier molecular flexibility index (Phi) is 27.4. The van der Waals surface area contributed by atoms with E-state index in [-0.39, 0.29) is 68.7 Å². The van der Waals surface area contributed by atoms with E-state index in [0.29, 0.717) is 12.0 Å². The molecule has 8 rings (SSSR count). The lowest BCUT2D eigenvalue weighted by Gasteiger charge is -2.39. The van der Waals surface area contributed by atoms with Crippen LogP contribution >= 0.6 is 0 Å². The first kappa shape index (κ1) is 81.5. The molecule has 10 amide bonds. The molecule has 16 atom stereocenters. The molecule has 105 heavy (non-hydrogen) atoms. The second-order valence-electron chi connectivity index (χ2n) is 27.2. The molecule has 4 aliphatic rings. The van der Waals surface area contributed by atoms with E-state index in [1.54, 1.807) is 41.8 Å². The normalized spacial score (nSPS) is 26.6. The van der Waals surface area contributed by atoms with Gasteiger partial charge in [0.2, 0.25) is 59.5 Å². The number of carbonyl (C=O) groups is 10. The smallest absolute Gasteiger partial charge is 0.501 e. The van der Waals surface area contributed by atoms with Crippen LogP contribution in [0.3, 0.4) is 0 Å². The predicted octanol–water partition coefficient (Wildman–Crippen LogP) is -5.99. The number of phenolic OH excluding ortho intramolecular Hbond substituents is 1. The molecule has 2 fully saturated rings. The number of amides is 10. The number of aliphatic hydroxyl groups is 7. The van der Waals surface area contributed by atoms with Gasteiger partial charge in [0, 0.05) is 53.9 Å². The minimum absolute atomic E-state index is 0.0263. The number of rotatable bonds is 21. The SMILES string of the molecule is CC[C@H](C)[C@@H]1NC(=O)CNC(=O)[C@@H]2Cc3c([nH]c4cc(O)ccc34)S(=O)C[C@H](NC(=O)CNC1=O)C(=O)N[C@@H](CC(=O)NCC[N+](C)(C)Cc1ccc(OS(=O)(=O)Oc3cc(C(=O)NC(C)C)ccc3O[C@@H]3O[C@H](CO)[C@H](O)[C@H](O)[C@H]3O)cc1)C(=O)N1C[C@H](O)C[C@H]1C(=O)N[C@@H]([C@@H](C)[C@@H](O)CO)C(=O)N2. The van der Waals surface area contributed by atoms with Crippen molar-refractivity contribution in [3.8, 4) is 23.0 Å². The highest BCUT2D eigenvalue weighted by Gasteiger charge is 2.47. The summed E-state index contributed by atoms with van der Waals surface area (Å²) in [7, 11) is -4.04. The van der Waals surface area contributed by atoms with Crippen LogP contribution in [0.4, 0.5) is 0 Å². The van der Waals surface area contributed by atoms with Crippen molar-refractivity contribution in [2.24, 2.45) is 11.8 Å².